The van der Waals surface area contributed by atoms with E-state index >= 15 is 0 Å². The fourth-order valence-corrected chi connectivity index (χ4v) is 4.14. The monoisotopic (exact) mass is 388 g/mol. The van der Waals surface area contributed by atoms with Gasteiger partial charge in [-0.2, -0.15) is 0 Å². The highest BCUT2D eigenvalue weighted by Crippen LogP contribution is 2.43. The number of methoxy groups -OCH3 is 1. The van der Waals surface area contributed by atoms with Gasteiger partial charge >= 0.3 is 11.9 Å². The van der Waals surface area contributed by atoms with E-state index in [0.717, 1.165) is 0 Å². The third-order valence-electron chi connectivity index (χ3n) is 4.40. The molecule has 27 heavy (non-hydrogen) atoms. The molecule has 7 nitrogen and oxygen atoms in total. The minimum atomic E-state index is -0.645. The zero-order chi connectivity index (χ0) is 19.7. The third-order valence-corrected chi connectivity index (χ3v) is 5.46. The van der Waals surface area contributed by atoms with Crippen molar-refractivity contribution in [2.24, 2.45) is 4.99 Å². The second kappa shape index (κ2) is 7.56. The van der Waals surface area contributed by atoms with Crippen LogP contribution in [0.5, 0.6) is 0 Å². The van der Waals surface area contributed by atoms with E-state index < -0.39 is 18.0 Å². The summed E-state index contributed by atoms with van der Waals surface area (Å²) in [4.78, 5) is 43.1. The maximum absolute atomic E-state index is 12.8. The lowest BCUT2D eigenvalue weighted by Gasteiger charge is -2.33. The number of amides is 1. The average molecular weight is 388 g/mol. The minimum Gasteiger partial charge on any atom is -0.465 e. The van der Waals surface area contributed by atoms with Crippen molar-refractivity contribution >= 4 is 34.8 Å². The molecule has 1 fully saturated rings. The maximum atomic E-state index is 12.8. The highest BCUT2D eigenvalue weighted by Gasteiger charge is 2.46. The maximum Gasteiger partial charge on any atom is 0.338 e. The molecule has 0 saturated carbocycles. The highest BCUT2D eigenvalue weighted by molar-refractivity contribution is 8.15. The summed E-state index contributed by atoms with van der Waals surface area (Å²) in [6.07, 6.45) is 0. The molecule has 0 radical (unpaired) electrons. The van der Waals surface area contributed by atoms with Gasteiger partial charge in [0.25, 0.3) is 0 Å². The van der Waals surface area contributed by atoms with Crippen molar-refractivity contribution < 1.29 is 23.9 Å². The Balaban J connectivity index is 2.09. The van der Waals surface area contributed by atoms with Crippen LogP contribution >= 0.6 is 11.8 Å². The molecule has 2 aliphatic rings. The van der Waals surface area contributed by atoms with E-state index in [1.807, 2.05) is 6.92 Å². The summed E-state index contributed by atoms with van der Waals surface area (Å²) < 4.78 is 9.93. The molecule has 8 heteroatoms. The van der Waals surface area contributed by atoms with Gasteiger partial charge in [0.15, 0.2) is 5.17 Å². The number of hydrogen-bond donors (Lipinski definition) is 0. The zero-order valence-electron chi connectivity index (χ0n) is 15.5. The van der Waals surface area contributed by atoms with Gasteiger partial charge in [0.2, 0.25) is 5.91 Å². The lowest BCUT2D eigenvalue weighted by molar-refractivity contribution is -0.139. The van der Waals surface area contributed by atoms with E-state index in [1.165, 1.54) is 18.9 Å². The van der Waals surface area contributed by atoms with Gasteiger partial charge in [-0.25, -0.2) is 14.6 Å². The van der Waals surface area contributed by atoms with Gasteiger partial charge in [0.05, 0.1) is 41.8 Å². The van der Waals surface area contributed by atoms with Crippen molar-refractivity contribution in [1.82, 2.24) is 4.90 Å². The fraction of sp³-hybridized carbons (Fsp3) is 0.368. The molecule has 0 aromatic heterocycles. The standard InChI is InChI=1S/C19H20N2O5S/c1-5-26-18(24)14-10(2)20-19-21(16(22)11(3)27-19)15(14)12-6-8-13(9-7-12)17(23)25-4/h6-9,11,15H,5H2,1-4H3/t11-,15-/m1/s1. The molecule has 1 aromatic rings. The lowest BCUT2D eigenvalue weighted by Crippen LogP contribution is -2.40. The Labute approximate surface area is 161 Å². The van der Waals surface area contributed by atoms with Crippen LogP contribution < -0.4 is 0 Å². The van der Waals surface area contributed by atoms with Gasteiger partial charge in [-0.1, -0.05) is 23.9 Å². The van der Waals surface area contributed by atoms with Gasteiger partial charge < -0.3 is 9.47 Å². The first kappa shape index (κ1) is 19.2. The molecule has 2 heterocycles. The molecule has 2 aliphatic heterocycles. The third kappa shape index (κ3) is 3.37. The van der Waals surface area contributed by atoms with Crippen LogP contribution in [0.4, 0.5) is 0 Å². The molecule has 3 rings (SSSR count). The summed E-state index contributed by atoms with van der Waals surface area (Å²) in [6, 6.07) is 6.01. The predicted molar refractivity (Wildman–Crippen MR) is 101 cm³/mol. The van der Waals surface area contributed by atoms with Crippen LogP contribution in [0.1, 0.15) is 42.7 Å². The second-order valence-electron chi connectivity index (χ2n) is 6.10. The molecular formula is C19H20N2O5S. The number of nitrogens with zero attached hydrogens (tertiary/aromatic N) is 2. The van der Waals surface area contributed by atoms with E-state index in [9.17, 15) is 14.4 Å². The molecule has 0 spiro atoms. The van der Waals surface area contributed by atoms with Crippen molar-refractivity contribution in [2.75, 3.05) is 13.7 Å². The number of aliphatic imine (C=N–C) groups is 1. The first-order valence-electron chi connectivity index (χ1n) is 8.53. The molecule has 1 saturated heterocycles. The fourth-order valence-electron chi connectivity index (χ4n) is 3.11. The average Bonchev–Trinajstić information content (AvgIpc) is 2.93. The number of hydrogen-bond acceptors (Lipinski definition) is 7. The Morgan fingerprint density at radius 3 is 2.48 bits per heavy atom. The Kier molecular flexibility index (Phi) is 5.36. The van der Waals surface area contributed by atoms with Gasteiger partial charge in [0.1, 0.15) is 0 Å². The first-order valence-corrected chi connectivity index (χ1v) is 9.41. The van der Waals surface area contributed by atoms with Crippen LogP contribution in [0.2, 0.25) is 0 Å². The van der Waals surface area contributed by atoms with E-state index in [4.69, 9.17) is 9.47 Å². The lowest BCUT2D eigenvalue weighted by atomic mass is 9.93. The van der Waals surface area contributed by atoms with Crippen molar-refractivity contribution in [3.63, 3.8) is 0 Å². The molecule has 0 aliphatic carbocycles. The van der Waals surface area contributed by atoms with Crippen molar-refractivity contribution in [3.05, 3.63) is 46.7 Å². The molecule has 0 N–H and O–H groups in total. The summed E-state index contributed by atoms with van der Waals surface area (Å²) in [5.74, 6) is -1.07. The summed E-state index contributed by atoms with van der Waals surface area (Å²) in [5.41, 5.74) is 1.94. The Morgan fingerprint density at radius 1 is 1.22 bits per heavy atom. The highest BCUT2D eigenvalue weighted by atomic mass is 32.2. The molecule has 0 unspecified atom stereocenters. The molecule has 0 bridgehead atoms. The number of fused-ring (bicyclic) bond motifs is 1. The molecule has 1 amide bonds. The minimum absolute atomic E-state index is 0.116. The van der Waals surface area contributed by atoms with Crippen molar-refractivity contribution in [3.8, 4) is 0 Å². The van der Waals surface area contributed by atoms with E-state index in [1.54, 1.807) is 43.0 Å². The number of ether oxygens (including phenoxy) is 2. The zero-order valence-corrected chi connectivity index (χ0v) is 16.3. The van der Waals surface area contributed by atoms with Crippen LogP contribution in [-0.4, -0.2) is 46.9 Å². The summed E-state index contributed by atoms with van der Waals surface area (Å²) in [7, 11) is 1.31. The number of allylic oxidation sites excluding steroid dienone is 1. The van der Waals surface area contributed by atoms with Gasteiger partial charge in [-0.05, 0) is 38.5 Å². The van der Waals surface area contributed by atoms with Crippen LogP contribution in [0, 0.1) is 0 Å². The van der Waals surface area contributed by atoms with E-state index in [2.05, 4.69) is 4.99 Å². The van der Waals surface area contributed by atoms with E-state index in [-0.39, 0.29) is 17.8 Å². The summed E-state index contributed by atoms with van der Waals surface area (Å²) in [6.45, 7) is 5.49. The topological polar surface area (TPSA) is 85.3 Å². The summed E-state index contributed by atoms with van der Waals surface area (Å²) in [5, 5.41) is 0.287. The summed E-state index contributed by atoms with van der Waals surface area (Å²) >= 11 is 1.36. The van der Waals surface area contributed by atoms with Gasteiger partial charge in [-0.15, -0.1) is 0 Å². The second-order valence-corrected chi connectivity index (χ2v) is 7.41. The Hall–Kier alpha value is -2.61. The Morgan fingerprint density at radius 2 is 1.89 bits per heavy atom. The van der Waals surface area contributed by atoms with Crippen LogP contribution in [0.15, 0.2) is 40.5 Å². The molecular weight excluding hydrogens is 368 g/mol. The number of amidine groups is 1. The Bertz CT molecular complexity index is 859. The van der Waals surface area contributed by atoms with E-state index in [0.29, 0.717) is 27.6 Å². The SMILES string of the molecule is CCOC(=O)C1=C(C)N=C2S[C@H](C)C(=O)N2[C@@H]1c1ccc(C(=O)OC)cc1. The number of carbonyl (C=O) groups is 3. The molecule has 2 atom stereocenters. The molecule has 1 aromatic carbocycles. The normalized spacial score (nSPS) is 21.7. The molecule has 142 valence electrons. The van der Waals surface area contributed by atoms with Crippen LogP contribution in [-0.2, 0) is 19.1 Å². The number of thioether (sulfide) groups is 1. The van der Waals surface area contributed by atoms with Crippen molar-refractivity contribution in [2.45, 2.75) is 32.1 Å². The largest absolute Gasteiger partial charge is 0.465 e. The number of rotatable bonds is 4. The number of benzene rings is 1. The number of carbonyl (C=O) groups excluding carboxylic acids is 3. The first-order chi connectivity index (χ1) is 12.9. The predicted octanol–water partition coefficient (Wildman–Crippen LogP) is 2.68. The van der Waals surface area contributed by atoms with Gasteiger partial charge in [0, 0.05) is 0 Å². The van der Waals surface area contributed by atoms with Crippen LogP contribution in [0.25, 0.3) is 0 Å². The quantitative estimate of drug-likeness (QED) is 0.737. The number of esters is 2. The van der Waals surface area contributed by atoms with Crippen molar-refractivity contribution in [1.29, 1.82) is 0 Å². The van der Waals surface area contributed by atoms with Crippen LogP contribution in [0.3, 0.4) is 0 Å². The van der Waals surface area contributed by atoms with Gasteiger partial charge in [-0.3, -0.25) is 9.69 Å². The smallest absolute Gasteiger partial charge is 0.338 e.